The lowest BCUT2D eigenvalue weighted by Crippen LogP contribution is -2.45. The predicted octanol–water partition coefficient (Wildman–Crippen LogP) is 4.23. The van der Waals surface area contributed by atoms with E-state index in [9.17, 15) is 14.4 Å². The molecule has 0 bridgehead atoms. The fourth-order valence-corrected chi connectivity index (χ4v) is 3.41. The van der Waals surface area contributed by atoms with Crippen LogP contribution >= 0.6 is 27.5 Å². The molecule has 1 N–H and O–H groups in total. The predicted molar refractivity (Wildman–Crippen MR) is 109 cm³/mol. The number of carbonyl (C=O) groups excluding carboxylic acids is 3. The number of halogens is 2. The molecular formula is C19H24BrClN2O5. The third-order valence-electron chi connectivity index (χ3n) is 3.96. The second-order valence-electron chi connectivity index (χ2n) is 7.55. The topological polar surface area (TPSA) is 84.9 Å². The molecule has 0 aromatic heterocycles. The number of hydrogen-bond acceptors (Lipinski definition) is 5. The van der Waals surface area contributed by atoms with E-state index in [1.165, 1.54) is 4.90 Å². The molecule has 1 unspecified atom stereocenters. The number of ether oxygens (including phenoxy) is 2. The Kier molecular flexibility index (Phi) is 7.71. The van der Waals surface area contributed by atoms with Crippen LogP contribution in [-0.4, -0.2) is 48.2 Å². The number of rotatable bonds is 4. The molecule has 1 fully saturated rings. The summed E-state index contributed by atoms with van der Waals surface area (Å²) in [4.78, 5) is 38.0. The first-order chi connectivity index (χ1) is 13.0. The summed E-state index contributed by atoms with van der Waals surface area (Å²) in [5.74, 6) is -1.48. The quantitative estimate of drug-likeness (QED) is 0.659. The normalized spacial score (nSPS) is 17.0. The molecule has 1 atom stereocenters. The van der Waals surface area contributed by atoms with Gasteiger partial charge in [-0.3, -0.25) is 9.59 Å². The van der Waals surface area contributed by atoms with E-state index >= 15 is 0 Å². The summed E-state index contributed by atoms with van der Waals surface area (Å²) >= 11 is 9.33. The van der Waals surface area contributed by atoms with E-state index < -0.39 is 36.1 Å². The van der Waals surface area contributed by atoms with Crippen molar-refractivity contribution in [3.8, 4) is 0 Å². The van der Waals surface area contributed by atoms with Gasteiger partial charge in [0.05, 0.1) is 16.6 Å². The number of nitrogens with zero attached hydrogens (tertiary/aromatic N) is 1. The van der Waals surface area contributed by atoms with Crippen molar-refractivity contribution in [2.75, 3.05) is 25.0 Å². The monoisotopic (exact) mass is 474 g/mol. The van der Waals surface area contributed by atoms with Crippen molar-refractivity contribution in [3.63, 3.8) is 0 Å². The summed E-state index contributed by atoms with van der Waals surface area (Å²) in [6, 6.07) is 5.03. The van der Waals surface area contributed by atoms with E-state index in [0.717, 1.165) is 4.47 Å². The number of carbonyl (C=O) groups is 3. The van der Waals surface area contributed by atoms with Crippen LogP contribution in [0.5, 0.6) is 0 Å². The van der Waals surface area contributed by atoms with Gasteiger partial charge in [-0.15, -0.1) is 0 Å². The number of hydrogen-bond donors (Lipinski definition) is 1. The molecule has 1 aliphatic rings. The first-order valence-corrected chi connectivity index (χ1v) is 10.1. The van der Waals surface area contributed by atoms with Crippen LogP contribution in [-0.2, 0) is 19.1 Å². The maximum Gasteiger partial charge on any atom is 0.410 e. The van der Waals surface area contributed by atoms with E-state index in [-0.39, 0.29) is 6.54 Å². The van der Waals surface area contributed by atoms with Crippen molar-refractivity contribution in [2.24, 2.45) is 5.92 Å². The second kappa shape index (κ2) is 9.60. The van der Waals surface area contributed by atoms with Gasteiger partial charge in [0, 0.05) is 17.6 Å². The number of anilines is 1. The lowest BCUT2D eigenvalue weighted by Gasteiger charge is -2.33. The lowest BCUT2D eigenvalue weighted by atomic mass is 9.98. The second-order valence-corrected chi connectivity index (χ2v) is 8.87. The van der Waals surface area contributed by atoms with E-state index in [2.05, 4.69) is 21.2 Å². The Labute approximate surface area is 177 Å². The van der Waals surface area contributed by atoms with Crippen LogP contribution in [0.1, 0.15) is 33.6 Å². The van der Waals surface area contributed by atoms with Gasteiger partial charge >= 0.3 is 12.1 Å². The highest BCUT2D eigenvalue weighted by Gasteiger charge is 2.32. The van der Waals surface area contributed by atoms with Crippen LogP contribution < -0.4 is 5.32 Å². The van der Waals surface area contributed by atoms with Crippen LogP contribution in [0, 0.1) is 5.92 Å². The SMILES string of the molecule is CC(C)(C)OC(=O)N1CCCC(C(=O)OCC(=O)Nc2ccc(Br)cc2Cl)C1. The maximum atomic E-state index is 12.3. The van der Waals surface area contributed by atoms with Crippen LogP contribution in [0.25, 0.3) is 0 Å². The highest BCUT2D eigenvalue weighted by atomic mass is 79.9. The first kappa shape index (κ1) is 22.5. The summed E-state index contributed by atoms with van der Waals surface area (Å²) < 4.78 is 11.3. The van der Waals surface area contributed by atoms with Gasteiger partial charge < -0.3 is 19.7 Å². The molecule has 1 aromatic carbocycles. The van der Waals surface area contributed by atoms with Crippen LogP contribution in [0.15, 0.2) is 22.7 Å². The van der Waals surface area contributed by atoms with Gasteiger partial charge in [-0.1, -0.05) is 27.5 Å². The Morgan fingerprint density at radius 2 is 2.04 bits per heavy atom. The third kappa shape index (κ3) is 6.98. The van der Waals surface area contributed by atoms with Crippen LogP contribution in [0.3, 0.4) is 0 Å². The largest absolute Gasteiger partial charge is 0.455 e. The Morgan fingerprint density at radius 3 is 2.68 bits per heavy atom. The molecule has 0 spiro atoms. The summed E-state index contributed by atoms with van der Waals surface area (Å²) in [6.45, 7) is 5.69. The zero-order chi connectivity index (χ0) is 20.9. The molecule has 0 saturated carbocycles. The van der Waals surface area contributed by atoms with E-state index in [4.69, 9.17) is 21.1 Å². The van der Waals surface area contributed by atoms with E-state index in [1.54, 1.807) is 39.0 Å². The smallest absolute Gasteiger partial charge is 0.410 e. The molecule has 1 saturated heterocycles. The van der Waals surface area contributed by atoms with Crippen molar-refractivity contribution < 1.29 is 23.9 Å². The van der Waals surface area contributed by atoms with E-state index in [0.29, 0.717) is 30.1 Å². The molecular weight excluding hydrogens is 452 g/mol. The molecule has 1 heterocycles. The van der Waals surface area contributed by atoms with Crippen molar-refractivity contribution in [3.05, 3.63) is 27.7 Å². The number of likely N-dealkylation sites (tertiary alicyclic amines) is 1. The molecule has 1 aliphatic heterocycles. The minimum absolute atomic E-state index is 0.216. The van der Waals surface area contributed by atoms with Crippen molar-refractivity contribution in [1.82, 2.24) is 4.90 Å². The Bertz CT molecular complexity index is 750. The fourth-order valence-electron chi connectivity index (χ4n) is 2.69. The third-order valence-corrected chi connectivity index (χ3v) is 4.76. The number of piperidine rings is 1. The zero-order valence-electron chi connectivity index (χ0n) is 16.1. The van der Waals surface area contributed by atoms with E-state index in [1.807, 2.05) is 0 Å². The molecule has 2 amide bonds. The van der Waals surface area contributed by atoms with Crippen molar-refractivity contribution in [1.29, 1.82) is 0 Å². The van der Waals surface area contributed by atoms with Gasteiger partial charge in [-0.25, -0.2) is 4.79 Å². The highest BCUT2D eigenvalue weighted by Crippen LogP contribution is 2.25. The number of nitrogens with one attached hydrogen (secondary N) is 1. The number of amides is 2. The summed E-state index contributed by atoms with van der Waals surface area (Å²) in [5, 5.41) is 2.96. The highest BCUT2D eigenvalue weighted by molar-refractivity contribution is 9.10. The molecule has 154 valence electrons. The Morgan fingerprint density at radius 1 is 1.32 bits per heavy atom. The lowest BCUT2D eigenvalue weighted by molar-refractivity contribution is -0.153. The molecule has 9 heteroatoms. The fraction of sp³-hybridized carbons (Fsp3) is 0.526. The summed E-state index contributed by atoms with van der Waals surface area (Å²) in [6.07, 6.45) is 0.811. The summed E-state index contributed by atoms with van der Waals surface area (Å²) in [7, 11) is 0. The molecule has 1 aromatic rings. The van der Waals surface area contributed by atoms with Crippen LogP contribution in [0.2, 0.25) is 5.02 Å². The van der Waals surface area contributed by atoms with Crippen LogP contribution in [0.4, 0.5) is 10.5 Å². The number of esters is 1. The van der Waals surface area contributed by atoms with Crippen molar-refractivity contribution in [2.45, 2.75) is 39.2 Å². The molecule has 28 heavy (non-hydrogen) atoms. The average Bonchev–Trinajstić information content (AvgIpc) is 2.61. The molecule has 0 radical (unpaired) electrons. The van der Waals surface area contributed by atoms with Gasteiger partial charge in [0.1, 0.15) is 5.60 Å². The van der Waals surface area contributed by atoms with Gasteiger partial charge in [0.15, 0.2) is 6.61 Å². The van der Waals surface area contributed by atoms with Crippen molar-refractivity contribution >= 4 is 51.2 Å². The first-order valence-electron chi connectivity index (χ1n) is 8.94. The zero-order valence-corrected chi connectivity index (χ0v) is 18.4. The van der Waals surface area contributed by atoms with Gasteiger partial charge in [0.2, 0.25) is 0 Å². The minimum atomic E-state index is -0.600. The molecule has 2 rings (SSSR count). The Hall–Kier alpha value is -1.80. The molecule has 7 nitrogen and oxygen atoms in total. The minimum Gasteiger partial charge on any atom is -0.455 e. The van der Waals surface area contributed by atoms with Gasteiger partial charge in [-0.2, -0.15) is 0 Å². The van der Waals surface area contributed by atoms with Gasteiger partial charge in [-0.05, 0) is 51.8 Å². The standard InChI is InChI=1S/C19H24BrClN2O5/c1-19(2,3)28-18(26)23-8-4-5-12(10-23)17(25)27-11-16(24)22-15-7-6-13(20)9-14(15)21/h6-7,9,12H,4-5,8,10-11H2,1-3H3,(H,22,24). The van der Waals surface area contributed by atoms with Gasteiger partial charge in [0.25, 0.3) is 5.91 Å². The Balaban J connectivity index is 1.83. The molecule has 0 aliphatic carbocycles. The maximum absolute atomic E-state index is 12.3. The average molecular weight is 476 g/mol. The summed E-state index contributed by atoms with van der Waals surface area (Å²) in [5.41, 5.74) is -0.170. The number of benzene rings is 1.